The van der Waals surface area contributed by atoms with Crippen LogP contribution in [0.3, 0.4) is 0 Å². The second-order valence-corrected chi connectivity index (χ2v) is 4.96. The summed E-state index contributed by atoms with van der Waals surface area (Å²) in [5, 5.41) is 8.50. The quantitative estimate of drug-likeness (QED) is 0.869. The van der Waals surface area contributed by atoms with Crippen LogP contribution in [0.4, 0.5) is 0 Å². The van der Waals surface area contributed by atoms with E-state index < -0.39 is 0 Å². The van der Waals surface area contributed by atoms with Gasteiger partial charge in [0.15, 0.2) is 0 Å². The molecule has 1 unspecified atom stereocenters. The van der Waals surface area contributed by atoms with Crippen molar-refractivity contribution in [3.63, 3.8) is 0 Å². The molecule has 0 spiro atoms. The van der Waals surface area contributed by atoms with Crippen LogP contribution in [0, 0.1) is 6.92 Å². The summed E-state index contributed by atoms with van der Waals surface area (Å²) >= 11 is 7.64. The number of benzene rings is 1. The molecule has 1 atom stereocenters. The maximum atomic E-state index is 5.90. The van der Waals surface area contributed by atoms with Gasteiger partial charge in [0.05, 0.1) is 6.04 Å². The fraction of sp³-hybridized carbons (Fsp3) is 0.231. The predicted octanol–water partition coefficient (Wildman–Crippen LogP) is 4.02. The summed E-state index contributed by atoms with van der Waals surface area (Å²) in [6.45, 7) is 2.14. The van der Waals surface area contributed by atoms with Crippen molar-refractivity contribution in [1.82, 2.24) is 5.32 Å². The van der Waals surface area contributed by atoms with Crippen LogP contribution in [0.1, 0.15) is 22.7 Å². The van der Waals surface area contributed by atoms with E-state index in [1.54, 1.807) is 11.3 Å². The lowest BCUT2D eigenvalue weighted by Crippen LogP contribution is -2.17. The molecule has 0 fully saturated rings. The van der Waals surface area contributed by atoms with Crippen LogP contribution < -0.4 is 5.32 Å². The molecule has 1 aromatic carbocycles. The van der Waals surface area contributed by atoms with Gasteiger partial charge in [-0.05, 0) is 53.6 Å². The Balaban J connectivity index is 2.37. The molecule has 84 valence electrons. The van der Waals surface area contributed by atoms with Gasteiger partial charge in [0, 0.05) is 5.02 Å². The molecule has 0 aliphatic rings. The largest absolute Gasteiger partial charge is 0.309 e. The third-order valence-corrected chi connectivity index (χ3v) is 3.83. The van der Waals surface area contributed by atoms with Crippen molar-refractivity contribution < 1.29 is 0 Å². The number of halogens is 1. The number of thiophene rings is 1. The van der Waals surface area contributed by atoms with E-state index >= 15 is 0 Å². The van der Waals surface area contributed by atoms with Gasteiger partial charge in [-0.2, -0.15) is 11.3 Å². The highest BCUT2D eigenvalue weighted by atomic mass is 35.5. The average Bonchev–Trinajstić information content (AvgIpc) is 2.69. The van der Waals surface area contributed by atoms with Crippen LogP contribution in [0.2, 0.25) is 5.02 Å². The van der Waals surface area contributed by atoms with E-state index in [9.17, 15) is 0 Å². The van der Waals surface area contributed by atoms with Gasteiger partial charge >= 0.3 is 0 Å². The summed E-state index contributed by atoms with van der Waals surface area (Å²) < 4.78 is 0. The van der Waals surface area contributed by atoms with E-state index in [4.69, 9.17) is 11.6 Å². The van der Waals surface area contributed by atoms with Crippen LogP contribution >= 0.6 is 22.9 Å². The number of rotatable bonds is 3. The van der Waals surface area contributed by atoms with Gasteiger partial charge in [0.2, 0.25) is 0 Å². The van der Waals surface area contributed by atoms with Crippen molar-refractivity contribution in [2.45, 2.75) is 13.0 Å². The molecule has 0 aliphatic heterocycles. The summed E-state index contributed by atoms with van der Waals surface area (Å²) in [5.74, 6) is 0. The second-order valence-electron chi connectivity index (χ2n) is 3.78. The van der Waals surface area contributed by atoms with Crippen LogP contribution in [-0.2, 0) is 0 Å². The molecule has 0 saturated carbocycles. The molecular weight excluding hydrogens is 238 g/mol. The first-order valence-corrected chi connectivity index (χ1v) is 6.50. The van der Waals surface area contributed by atoms with Crippen LogP contribution in [0.5, 0.6) is 0 Å². The lowest BCUT2D eigenvalue weighted by Gasteiger charge is -2.16. The fourth-order valence-corrected chi connectivity index (χ4v) is 2.83. The standard InChI is InChI=1S/C13H14ClNS/c1-9-7-16-8-12(9)13(15-2)10-3-5-11(14)6-4-10/h3-8,13,15H,1-2H3. The first kappa shape index (κ1) is 11.6. The molecule has 3 heteroatoms. The van der Waals surface area contributed by atoms with Gasteiger partial charge < -0.3 is 5.32 Å². The number of nitrogens with one attached hydrogen (secondary N) is 1. The minimum Gasteiger partial charge on any atom is -0.309 e. The number of aryl methyl sites for hydroxylation is 1. The summed E-state index contributed by atoms with van der Waals surface area (Å²) in [5.41, 5.74) is 3.92. The Bertz CT molecular complexity index is 461. The SMILES string of the molecule is CNC(c1ccc(Cl)cc1)c1cscc1C. The van der Waals surface area contributed by atoms with Gasteiger partial charge in [0.1, 0.15) is 0 Å². The first-order chi connectivity index (χ1) is 7.72. The summed E-state index contributed by atoms with van der Waals surface area (Å²) in [4.78, 5) is 0. The van der Waals surface area contributed by atoms with Crippen molar-refractivity contribution in [3.8, 4) is 0 Å². The fourth-order valence-electron chi connectivity index (χ4n) is 1.82. The Morgan fingerprint density at radius 1 is 1.19 bits per heavy atom. The van der Waals surface area contributed by atoms with E-state index in [1.807, 2.05) is 19.2 Å². The third-order valence-electron chi connectivity index (χ3n) is 2.70. The zero-order valence-electron chi connectivity index (χ0n) is 9.33. The van der Waals surface area contributed by atoms with Gasteiger partial charge in [0.25, 0.3) is 0 Å². The van der Waals surface area contributed by atoms with Crippen LogP contribution in [0.25, 0.3) is 0 Å². The molecule has 2 aromatic rings. The van der Waals surface area contributed by atoms with Crippen molar-refractivity contribution in [3.05, 3.63) is 56.7 Å². The topological polar surface area (TPSA) is 12.0 Å². The van der Waals surface area contributed by atoms with Crippen LogP contribution in [-0.4, -0.2) is 7.05 Å². The van der Waals surface area contributed by atoms with E-state index in [-0.39, 0.29) is 6.04 Å². The van der Waals surface area contributed by atoms with Crippen molar-refractivity contribution >= 4 is 22.9 Å². The molecular formula is C13H14ClNS. The van der Waals surface area contributed by atoms with Crippen LogP contribution in [0.15, 0.2) is 35.0 Å². The summed E-state index contributed by atoms with van der Waals surface area (Å²) in [7, 11) is 1.98. The highest BCUT2D eigenvalue weighted by Crippen LogP contribution is 2.27. The summed E-state index contributed by atoms with van der Waals surface area (Å²) in [6, 6.07) is 8.26. The lowest BCUT2D eigenvalue weighted by atomic mass is 9.99. The van der Waals surface area contributed by atoms with Crippen molar-refractivity contribution in [2.75, 3.05) is 7.05 Å². The van der Waals surface area contributed by atoms with Gasteiger partial charge in [-0.3, -0.25) is 0 Å². The third kappa shape index (κ3) is 2.29. The first-order valence-electron chi connectivity index (χ1n) is 5.18. The molecule has 1 aromatic heterocycles. The Labute approximate surface area is 105 Å². The maximum Gasteiger partial charge on any atom is 0.0585 e. The smallest absolute Gasteiger partial charge is 0.0585 e. The Kier molecular flexibility index (Phi) is 3.64. The van der Waals surface area contributed by atoms with Gasteiger partial charge in [-0.15, -0.1) is 0 Å². The Morgan fingerprint density at radius 2 is 1.88 bits per heavy atom. The summed E-state index contributed by atoms with van der Waals surface area (Å²) in [6.07, 6.45) is 0. The average molecular weight is 252 g/mol. The van der Waals surface area contributed by atoms with Crippen molar-refractivity contribution in [1.29, 1.82) is 0 Å². The predicted molar refractivity (Wildman–Crippen MR) is 71.4 cm³/mol. The maximum absolute atomic E-state index is 5.90. The zero-order valence-corrected chi connectivity index (χ0v) is 10.9. The minimum absolute atomic E-state index is 0.253. The molecule has 0 bridgehead atoms. The number of hydrogen-bond donors (Lipinski definition) is 1. The van der Waals surface area contributed by atoms with E-state index in [2.05, 4.69) is 35.1 Å². The highest BCUT2D eigenvalue weighted by Gasteiger charge is 2.14. The lowest BCUT2D eigenvalue weighted by molar-refractivity contribution is 0.690. The Hall–Kier alpha value is -0.830. The molecule has 16 heavy (non-hydrogen) atoms. The van der Waals surface area contributed by atoms with E-state index in [0.29, 0.717) is 0 Å². The second kappa shape index (κ2) is 5.00. The zero-order chi connectivity index (χ0) is 11.5. The van der Waals surface area contributed by atoms with Gasteiger partial charge in [-0.25, -0.2) is 0 Å². The van der Waals surface area contributed by atoms with E-state index in [0.717, 1.165) is 5.02 Å². The monoisotopic (exact) mass is 251 g/mol. The molecule has 1 N–H and O–H groups in total. The molecule has 1 heterocycles. The molecule has 0 radical (unpaired) electrons. The van der Waals surface area contributed by atoms with Gasteiger partial charge in [-0.1, -0.05) is 23.7 Å². The molecule has 0 aliphatic carbocycles. The molecule has 1 nitrogen and oxygen atoms in total. The minimum atomic E-state index is 0.253. The number of hydrogen-bond acceptors (Lipinski definition) is 2. The normalized spacial score (nSPS) is 12.7. The molecule has 0 saturated heterocycles. The molecule has 0 amide bonds. The van der Waals surface area contributed by atoms with E-state index in [1.165, 1.54) is 16.7 Å². The Morgan fingerprint density at radius 3 is 2.38 bits per heavy atom. The highest BCUT2D eigenvalue weighted by molar-refractivity contribution is 7.08. The molecule has 2 rings (SSSR count). The van der Waals surface area contributed by atoms with Crippen molar-refractivity contribution in [2.24, 2.45) is 0 Å².